The fourth-order valence-corrected chi connectivity index (χ4v) is 4.83. The van der Waals surface area contributed by atoms with Crippen LogP contribution in [0.3, 0.4) is 0 Å². The quantitative estimate of drug-likeness (QED) is 0.854. The maximum Gasteiger partial charge on any atom is 0.243 e. The van der Waals surface area contributed by atoms with E-state index < -0.39 is 10.0 Å². The molecule has 1 amide bonds. The van der Waals surface area contributed by atoms with Crippen LogP contribution in [0.5, 0.6) is 0 Å². The van der Waals surface area contributed by atoms with Crippen LogP contribution >= 0.6 is 0 Å². The molecule has 0 aliphatic carbocycles. The van der Waals surface area contributed by atoms with Gasteiger partial charge in [0.15, 0.2) is 0 Å². The summed E-state index contributed by atoms with van der Waals surface area (Å²) in [5.41, 5.74) is 1.32. The summed E-state index contributed by atoms with van der Waals surface area (Å²) < 4.78 is 40.6. The highest BCUT2D eigenvalue weighted by atomic mass is 32.2. The zero-order chi connectivity index (χ0) is 19.4. The predicted octanol–water partition coefficient (Wildman–Crippen LogP) is 2.85. The van der Waals surface area contributed by atoms with Crippen molar-refractivity contribution in [3.63, 3.8) is 0 Å². The molecule has 0 unspecified atom stereocenters. The van der Waals surface area contributed by atoms with Crippen LogP contribution in [0.2, 0.25) is 0 Å². The monoisotopic (exact) mass is 390 g/mol. The number of rotatable bonds is 5. The highest BCUT2D eigenvalue weighted by Gasteiger charge is 2.32. The van der Waals surface area contributed by atoms with Gasteiger partial charge in [-0.15, -0.1) is 0 Å². The Morgan fingerprint density at radius 1 is 1.15 bits per heavy atom. The van der Waals surface area contributed by atoms with E-state index in [2.05, 4.69) is 5.32 Å². The Morgan fingerprint density at radius 3 is 2.52 bits per heavy atom. The molecule has 2 aromatic rings. The third kappa shape index (κ3) is 4.54. The van der Waals surface area contributed by atoms with Crippen molar-refractivity contribution in [1.29, 1.82) is 0 Å². The van der Waals surface area contributed by atoms with Crippen LogP contribution < -0.4 is 5.32 Å². The zero-order valence-corrected chi connectivity index (χ0v) is 16.0. The van der Waals surface area contributed by atoms with Gasteiger partial charge in [-0.3, -0.25) is 4.79 Å². The summed E-state index contributed by atoms with van der Waals surface area (Å²) in [6, 6.07) is 13.1. The third-order valence-electron chi connectivity index (χ3n) is 4.86. The van der Waals surface area contributed by atoms with Gasteiger partial charge >= 0.3 is 0 Å². The first-order chi connectivity index (χ1) is 12.9. The minimum absolute atomic E-state index is 0.132. The lowest BCUT2D eigenvalue weighted by molar-refractivity contribution is -0.126. The molecule has 27 heavy (non-hydrogen) atoms. The van der Waals surface area contributed by atoms with Crippen molar-refractivity contribution in [2.45, 2.75) is 31.2 Å². The molecule has 1 aliphatic rings. The summed E-state index contributed by atoms with van der Waals surface area (Å²) in [4.78, 5) is 12.6. The first-order valence-corrected chi connectivity index (χ1v) is 10.4. The number of nitrogens with one attached hydrogen (secondary N) is 1. The lowest BCUT2D eigenvalue weighted by Gasteiger charge is -2.30. The Labute approximate surface area is 159 Å². The molecule has 0 radical (unpaired) electrons. The van der Waals surface area contributed by atoms with Gasteiger partial charge in [-0.1, -0.05) is 30.3 Å². The molecule has 3 rings (SSSR count). The molecule has 1 N–H and O–H groups in total. The van der Waals surface area contributed by atoms with Gasteiger partial charge in [0.05, 0.1) is 4.90 Å². The van der Waals surface area contributed by atoms with Crippen molar-refractivity contribution in [3.05, 3.63) is 65.5 Å². The maximum atomic E-state index is 13.6. The van der Waals surface area contributed by atoms with Crippen LogP contribution in [0, 0.1) is 18.7 Å². The Balaban J connectivity index is 1.57. The smallest absolute Gasteiger partial charge is 0.243 e. The lowest BCUT2D eigenvalue weighted by Crippen LogP contribution is -2.42. The van der Waals surface area contributed by atoms with Crippen LogP contribution in [-0.4, -0.2) is 31.7 Å². The normalized spacial score (nSPS) is 16.2. The summed E-state index contributed by atoms with van der Waals surface area (Å²) >= 11 is 0. The van der Waals surface area contributed by atoms with Gasteiger partial charge in [-0.25, -0.2) is 12.8 Å². The standard InChI is InChI=1S/C20H23FN2O3S/c1-15-5-4-7-18(13-15)27(25,26)23-11-9-16(10-12-23)20(24)22-14-17-6-2-3-8-19(17)21/h2-8,13,16H,9-12,14H2,1H3,(H,22,24). The molecule has 0 spiro atoms. The van der Waals surface area contributed by atoms with Gasteiger partial charge < -0.3 is 5.32 Å². The molecule has 0 atom stereocenters. The summed E-state index contributed by atoms with van der Waals surface area (Å²) in [5.74, 6) is -0.775. The molecule has 7 heteroatoms. The summed E-state index contributed by atoms with van der Waals surface area (Å²) in [6.45, 7) is 2.58. The zero-order valence-electron chi connectivity index (χ0n) is 15.2. The number of nitrogens with zero attached hydrogens (tertiary/aromatic N) is 1. The molecule has 1 saturated heterocycles. The number of sulfonamides is 1. The Kier molecular flexibility index (Phi) is 5.92. The molecule has 1 aliphatic heterocycles. The van der Waals surface area contributed by atoms with Gasteiger partial charge in [-0.2, -0.15) is 4.31 Å². The second-order valence-electron chi connectivity index (χ2n) is 6.80. The predicted molar refractivity (Wildman–Crippen MR) is 101 cm³/mol. The van der Waals surface area contributed by atoms with Gasteiger partial charge in [0, 0.05) is 31.1 Å². The molecule has 2 aromatic carbocycles. The Morgan fingerprint density at radius 2 is 1.85 bits per heavy atom. The Hall–Kier alpha value is -2.25. The summed E-state index contributed by atoms with van der Waals surface area (Å²) in [7, 11) is -3.54. The van der Waals surface area contributed by atoms with Gasteiger partial charge in [0.25, 0.3) is 0 Å². The van der Waals surface area contributed by atoms with Crippen LogP contribution in [0.1, 0.15) is 24.0 Å². The second-order valence-corrected chi connectivity index (χ2v) is 8.74. The van der Waals surface area contributed by atoms with E-state index in [4.69, 9.17) is 0 Å². The SMILES string of the molecule is Cc1cccc(S(=O)(=O)N2CCC(C(=O)NCc3ccccc3F)CC2)c1. The molecular weight excluding hydrogens is 367 g/mol. The van der Waals surface area contributed by atoms with E-state index in [1.165, 1.54) is 10.4 Å². The minimum Gasteiger partial charge on any atom is -0.352 e. The highest BCUT2D eigenvalue weighted by molar-refractivity contribution is 7.89. The number of hydrogen-bond acceptors (Lipinski definition) is 3. The van der Waals surface area contributed by atoms with Crippen molar-refractivity contribution in [2.75, 3.05) is 13.1 Å². The number of amides is 1. The fourth-order valence-electron chi connectivity index (χ4n) is 3.25. The molecule has 0 saturated carbocycles. The number of benzene rings is 2. The van der Waals surface area contributed by atoms with E-state index in [9.17, 15) is 17.6 Å². The molecule has 0 bridgehead atoms. The van der Waals surface area contributed by atoms with Crippen molar-refractivity contribution in [3.8, 4) is 0 Å². The number of piperidine rings is 1. The largest absolute Gasteiger partial charge is 0.352 e. The molecule has 144 valence electrons. The van der Waals surface area contributed by atoms with E-state index in [-0.39, 0.29) is 29.1 Å². The number of halogens is 1. The van der Waals surface area contributed by atoms with E-state index >= 15 is 0 Å². The number of carbonyl (C=O) groups is 1. The van der Waals surface area contributed by atoms with Crippen molar-refractivity contribution >= 4 is 15.9 Å². The summed E-state index contributed by atoms with van der Waals surface area (Å²) in [5, 5.41) is 2.76. The van der Waals surface area contributed by atoms with Gasteiger partial charge in [0.2, 0.25) is 15.9 Å². The van der Waals surface area contributed by atoms with Gasteiger partial charge in [0.1, 0.15) is 5.82 Å². The van der Waals surface area contributed by atoms with Crippen molar-refractivity contribution in [2.24, 2.45) is 5.92 Å². The minimum atomic E-state index is -3.54. The number of carbonyl (C=O) groups excluding carboxylic acids is 1. The van der Waals surface area contributed by atoms with Crippen LogP contribution in [0.4, 0.5) is 4.39 Å². The second kappa shape index (κ2) is 8.19. The molecular formula is C20H23FN2O3S. The number of aryl methyl sites for hydroxylation is 1. The average molecular weight is 390 g/mol. The van der Waals surface area contributed by atoms with Crippen molar-refractivity contribution in [1.82, 2.24) is 9.62 Å². The third-order valence-corrected chi connectivity index (χ3v) is 6.76. The van der Waals surface area contributed by atoms with E-state index in [1.807, 2.05) is 13.0 Å². The van der Waals surface area contributed by atoms with Crippen LogP contribution in [-0.2, 0) is 21.4 Å². The van der Waals surface area contributed by atoms with E-state index in [1.54, 1.807) is 36.4 Å². The fraction of sp³-hybridized carbons (Fsp3) is 0.350. The molecule has 1 heterocycles. The number of hydrogen-bond donors (Lipinski definition) is 1. The summed E-state index contributed by atoms with van der Waals surface area (Å²) in [6.07, 6.45) is 0.905. The first-order valence-electron chi connectivity index (χ1n) is 8.96. The van der Waals surface area contributed by atoms with E-state index in [0.29, 0.717) is 31.5 Å². The molecule has 5 nitrogen and oxygen atoms in total. The van der Waals surface area contributed by atoms with E-state index in [0.717, 1.165) is 5.56 Å². The molecule has 0 aromatic heterocycles. The lowest BCUT2D eigenvalue weighted by atomic mass is 9.97. The van der Waals surface area contributed by atoms with Crippen LogP contribution in [0.25, 0.3) is 0 Å². The average Bonchev–Trinajstić information content (AvgIpc) is 2.67. The van der Waals surface area contributed by atoms with Gasteiger partial charge in [-0.05, 0) is 43.5 Å². The molecule has 1 fully saturated rings. The highest BCUT2D eigenvalue weighted by Crippen LogP contribution is 2.24. The van der Waals surface area contributed by atoms with Crippen molar-refractivity contribution < 1.29 is 17.6 Å². The maximum absolute atomic E-state index is 13.6. The van der Waals surface area contributed by atoms with Crippen LogP contribution in [0.15, 0.2) is 53.4 Å². The Bertz CT molecular complexity index is 922. The first kappa shape index (κ1) is 19.5. The topological polar surface area (TPSA) is 66.5 Å².